The molecule has 0 unspecified atom stereocenters. The van der Waals surface area contributed by atoms with Crippen molar-refractivity contribution in [3.63, 3.8) is 0 Å². The van der Waals surface area contributed by atoms with Crippen LogP contribution in [0.25, 0.3) is 21.3 Å². The number of fused-ring (bicyclic) bond motifs is 1. The second kappa shape index (κ2) is 7.50. The van der Waals surface area contributed by atoms with Gasteiger partial charge in [0.15, 0.2) is 0 Å². The van der Waals surface area contributed by atoms with Crippen LogP contribution in [0.15, 0.2) is 78.9 Å². The first-order chi connectivity index (χ1) is 12.8. The van der Waals surface area contributed by atoms with E-state index in [0.29, 0.717) is 0 Å². The molecule has 1 heterocycles. The zero-order valence-electron chi connectivity index (χ0n) is 14.1. The summed E-state index contributed by atoms with van der Waals surface area (Å²) in [6, 6.07) is 26.1. The number of aromatic nitrogens is 1. The summed E-state index contributed by atoms with van der Waals surface area (Å²) < 4.78 is 6.49. The number of esters is 1. The van der Waals surface area contributed by atoms with E-state index in [0.717, 1.165) is 31.9 Å². The van der Waals surface area contributed by atoms with Gasteiger partial charge < -0.3 is 4.74 Å². The molecule has 0 amide bonds. The molecule has 128 valence electrons. The molecule has 0 aliphatic carbocycles. The number of carbonyl (C=O) groups excluding carboxylic acids is 1. The monoisotopic (exact) mass is 359 g/mol. The molecule has 4 heteroatoms. The number of ether oxygens (including phenoxy) is 1. The summed E-state index contributed by atoms with van der Waals surface area (Å²) in [5, 5.41) is 0.818. The Morgan fingerprint density at radius 1 is 0.846 bits per heavy atom. The van der Waals surface area contributed by atoms with E-state index >= 15 is 0 Å². The first kappa shape index (κ1) is 16.5. The van der Waals surface area contributed by atoms with E-state index in [9.17, 15) is 4.79 Å². The molecular formula is C22H17NO2S. The van der Waals surface area contributed by atoms with Crippen LogP contribution in [0.5, 0.6) is 0 Å². The molecule has 0 saturated heterocycles. The van der Waals surface area contributed by atoms with Crippen LogP contribution in [-0.4, -0.2) is 11.0 Å². The quantitative estimate of drug-likeness (QED) is 0.457. The molecule has 0 spiro atoms. The van der Waals surface area contributed by atoms with Gasteiger partial charge in [0, 0.05) is 0 Å². The Morgan fingerprint density at radius 3 is 2.31 bits per heavy atom. The van der Waals surface area contributed by atoms with E-state index < -0.39 is 0 Å². The zero-order valence-corrected chi connectivity index (χ0v) is 14.9. The Hall–Kier alpha value is -2.98. The van der Waals surface area contributed by atoms with Gasteiger partial charge in [-0.2, -0.15) is 0 Å². The van der Waals surface area contributed by atoms with Crippen LogP contribution in [0.4, 0.5) is 0 Å². The third-order valence-corrected chi connectivity index (χ3v) is 5.11. The van der Waals surface area contributed by atoms with Gasteiger partial charge in [-0.15, -0.1) is 11.3 Å². The van der Waals surface area contributed by atoms with Crippen molar-refractivity contribution in [1.82, 2.24) is 4.98 Å². The van der Waals surface area contributed by atoms with Gasteiger partial charge in [0.1, 0.15) is 11.6 Å². The van der Waals surface area contributed by atoms with Gasteiger partial charge in [-0.1, -0.05) is 66.7 Å². The van der Waals surface area contributed by atoms with E-state index in [1.807, 2.05) is 66.7 Å². The lowest BCUT2D eigenvalue weighted by atomic mass is 10.0. The standard InChI is InChI=1S/C22H17NO2S/c24-22(25-15-21-23-19-8-4-5-9-20(19)26-21)14-16-10-12-18(13-11-16)17-6-2-1-3-7-17/h1-13H,14-15H2. The van der Waals surface area contributed by atoms with Gasteiger partial charge in [0.05, 0.1) is 16.6 Å². The minimum absolute atomic E-state index is 0.222. The van der Waals surface area contributed by atoms with E-state index in [2.05, 4.69) is 17.1 Å². The Morgan fingerprint density at radius 2 is 1.54 bits per heavy atom. The molecule has 3 nitrogen and oxygen atoms in total. The van der Waals surface area contributed by atoms with Crippen molar-refractivity contribution >= 4 is 27.5 Å². The highest BCUT2D eigenvalue weighted by Crippen LogP contribution is 2.22. The van der Waals surface area contributed by atoms with Crippen LogP contribution in [0.1, 0.15) is 10.6 Å². The number of thiazole rings is 1. The van der Waals surface area contributed by atoms with Crippen LogP contribution in [-0.2, 0) is 22.6 Å². The molecular weight excluding hydrogens is 342 g/mol. The van der Waals surface area contributed by atoms with Gasteiger partial charge in [0.25, 0.3) is 0 Å². The minimum atomic E-state index is -0.239. The number of hydrogen-bond donors (Lipinski definition) is 0. The molecule has 1 aromatic heterocycles. The average molecular weight is 359 g/mol. The molecule has 26 heavy (non-hydrogen) atoms. The summed E-state index contributed by atoms with van der Waals surface area (Å²) in [7, 11) is 0. The van der Waals surface area contributed by atoms with Crippen molar-refractivity contribution in [1.29, 1.82) is 0 Å². The topological polar surface area (TPSA) is 39.2 Å². The Kier molecular flexibility index (Phi) is 4.75. The average Bonchev–Trinajstić information content (AvgIpc) is 3.11. The Labute approximate surface area is 155 Å². The fraction of sp³-hybridized carbons (Fsp3) is 0.0909. The summed E-state index contributed by atoms with van der Waals surface area (Å²) >= 11 is 1.56. The molecule has 0 aliphatic heterocycles. The number of rotatable bonds is 5. The first-order valence-electron chi connectivity index (χ1n) is 8.42. The Bertz CT molecular complexity index is 990. The molecule has 0 atom stereocenters. The Balaban J connectivity index is 1.35. The lowest BCUT2D eigenvalue weighted by Gasteiger charge is -2.05. The molecule has 4 aromatic rings. The van der Waals surface area contributed by atoms with Crippen LogP contribution in [0.2, 0.25) is 0 Å². The summed E-state index contributed by atoms with van der Waals surface area (Å²) in [6.07, 6.45) is 0.264. The largest absolute Gasteiger partial charge is 0.458 e. The summed E-state index contributed by atoms with van der Waals surface area (Å²) in [5.41, 5.74) is 4.19. The van der Waals surface area contributed by atoms with Crippen LogP contribution >= 0.6 is 11.3 Å². The van der Waals surface area contributed by atoms with Gasteiger partial charge in [-0.3, -0.25) is 4.79 Å². The number of nitrogens with zero attached hydrogens (tertiary/aromatic N) is 1. The van der Waals surface area contributed by atoms with E-state index in [1.54, 1.807) is 11.3 Å². The molecule has 0 radical (unpaired) electrons. The minimum Gasteiger partial charge on any atom is -0.458 e. The zero-order chi connectivity index (χ0) is 17.8. The van der Waals surface area contributed by atoms with Crippen molar-refractivity contribution in [2.75, 3.05) is 0 Å². The maximum absolute atomic E-state index is 12.1. The van der Waals surface area contributed by atoms with Crippen molar-refractivity contribution < 1.29 is 9.53 Å². The highest BCUT2D eigenvalue weighted by molar-refractivity contribution is 7.18. The summed E-state index contributed by atoms with van der Waals surface area (Å²) in [5.74, 6) is -0.239. The maximum atomic E-state index is 12.1. The molecule has 4 rings (SSSR count). The van der Waals surface area contributed by atoms with Gasteiger partial charge in [-0.25, -0.2) is 4.98 Å². The number of hydrogen-bond acceptors (Lipinski definition) is 4. The second-order valence-corrected chi connectivity index (χ2v) is 7.09. The van der Waals surface area contributed by atoms with Gasteiger partial charge in [0.2, 0.25) is 0 Å². The molecule has 0 N–H and O–H groups in total. The first-order valence-corrected chi connectivity index (χ1v) is 9.24. The number of carbonyl (C=O) groups is 1. The number of benzene rings is 3. The summed E-state index contributed by atoms with van der Waals surface area (Å²) in [4.78, 5) is 16.6. The van der Waals surface area contributed by atoms with Gasteiger partial charge in [-0.05, 0) is 28.8 Å². The third kappa shape index (κ3) is 3.81. The predicted octanol–water partition coefficient (Wildman–Crippen LogP) is 5.25. The van der Waals surface area contributed by atoms with Crippen molar-refractivity contribution in [3.05, 3.63) is 89.4 Å². The van der Waals surface area contributed by atoms with E-state index in [-0.39, 0.29) is 19.0 Å². The molecule has 0 bridgehead atoms. The molecule has 3 aromatic carbocycles. The van der Waals surface area contributed by atoms with Crippen LogP contribution < -0.4 is 0 Å². The predicted molar refractivity (Wildman–Crippen MR) is 105 cm³/mol. The van der Waals surface area contributed by atoms with E-state index in [1.165, 1.54) is 0 Å². The van der Waals surface area contributed by atoms with Crippen LogP contribution in [0.3, 0.4) is 0 Å². The molecule has 0 aliphatic rings. The normalized spacial score (nSPS) is 10.8. The molecule has 0 saturated carbocycles. The fourth-order valence-electron chi connectivity index (χ4n) is 2.79. The summed E-state index contributed by atoms with van der Waals surface area (Å²) in [6.45, 7) is 0.222. The van der Waals surface area contributed by atoms with Crippen molar-refractivity contribution in [2.45, 2.75) is 13.0 Å². The third-order valence-electron chi connectivity index (χ3n) is 4.10. The SMILES string of the molecule is O=C(Cc1ccc(-c2ccccc2)cc1)OCc1nc2ccccc2s1. The number of para-hydroxylation sites is 1. The smallest absolute Gasteiger partial charge is 0.310 e. The lowest BCUT2D eigenvalue weighted by molar-refractivity contribution is -0.144. The van der Waals surface area contributed by atoms with Crippen molar-refractivity contribution in [3.8, 4) is 11.1 Å². The molecule has 0 fully saturated rings. The van der Waals surface area contributed by atoms with E-state index in [4.69, 9.17) is 4.74 Å². The fourth-order valence-corrected chi connectivity index (χ4v) is 3.67. The van der Waals surface area contributed by atoms with Crippen molar-refractivity contribution in [2.24, 2.45) is 0 Å². The second-order valence-electron chi connectivity index (χ2n) is 5.98. The highest BCUT2D eigenvalue weighted by Gasteiger charge is 2.09. The maximum Gasteiger partial charge on any atom is 0.310 e. The highest BCUT2D eigenvalue weighted by atomic mass is 32.1. The lowest BCUT2D eigenvalue weighted by Crippen LogP contribution is -2.07. The van der Waals surface area contributed by atoms with Crippen LogP contribution in [0, 0.1) is 0 Å². The van der Waals surface area contributed by atoms with Gasteiger partial charge >= 0.3 is 5.97 Å².